The summed E-state index contributed by atoms with van der Waals surface area (Å²) in [4.78, 5) is 4.16. The second-order valence-electron chi connectivity index (χ2n) is 2.67. The largest absolute Gasteiger partial charge is 0.339 e. The fraction of sp³-hybridized carbons (Fsp3) is 0.750. The molecule has 1 aromatic heterocycles. The van der Waals surface area contributed by atoms with E-state index in [0.29, 0.717) is 11.7 Å². The Morgan fingerprint density at radius 1 is 1.50 bits per heavy atom. The van der Waals surface area contributed by atoms with E-state index in [1.807, 2.05) is 6.92 Å². The van der Waals surface area contributed by atoms with Crippen molar-refractivity contribution in [2.24, 2.45) is 0 Å². The highest BCUT2D eigenvalue weighted by molar-refractivity contribution is 6.20. The Kier molecular flexibility index (Phi) is 3.53. The molecule has 1 atom stereocenters. The quantitative estimate of drug-likeness (QED) is 0.682. The van der Waals surface area contributed by atoms with E-state index >= 15 is 0 Å². The van der Waals surface area contributed by atoms with Gasteiger partial charge in [0.15, 0.2) is 5.82 Å². The number of alkyl halides is 1. The number of hydrogen-bond acceptors (Lipinski definition) is 3. The van der Waals surface area contributed by atoms with Crippen LogP contribution in [0.4, 0.5) is 0 Å². The van der Waals surface area contributed by atoms with Crippen molar-refractivity contribution in [3.05, 3.63) is 11.7 Å². The molecule has 0 bridgehead atoms. The van der Waals surface area contributed by atoms with E-state index in [1.54, 1.807) is 0 Å². The van der Waals surface area contributed by atoms with Crippen molar-refractivity contribution in [3.8, 4) is 0 Å². The molecule has 0 aliphatic heterocycles. The SMILES string of the molecule is CCCc1nc(C(Cl)CC)no1. The number of hydrogen-bond donors (Lipinski definition) is 0. The molecule has 3 nitrogen and oxygen atoms in total. The Morgan fingerprint density at radius 3 is 2.83 bits per heavy atom. The van der Waals surface area contributed by atoms with Gasteiger partial charge in [0.25, 0.3) is 0 Å². The second kappa shape index (κ2) is 4.45. The summed E-state index contributed by atoms with van der Waals surface area (Å²) < 4.78 is 4.98. The summed E-state index contributed by atoms with van der Waals surface area (Å²) in [6.45, 7) is 4.06. The van der Waals surface area contributed by atoms with E-state index in [-0.39, 0.29) is 5.38 Å². The first-order valence-electron chi connectivity index (χ1n) is 4.24. The highest BCUT2D eigenvalue weighted by atomic mass is 35.5. The fourth-order valence-corrected chi connectivity index (χ4v) is 0.982. The topological polar surface area (TPSA) is 38.9 Å². The predicted molar refractivity (Wildman–Crippen MR) is 47.2 cm³/mol. The van der Waals surface area contributed by atoms with Crippen LogP contribution >= 0.6 is 11.6 Å². The Hall–Kier alpha value is -0.570. The first-order chi connectivity index (χ1) is 5.77. The molecular formula is C8H13ClN2O. The van der Waals surface area contributed by atoms with E-state index < -0.39 is 0 Å². The van der Waals surface area contributed by atoms with Gasteiger partial charge in [0.2, 0.25) is 5.89 Å². The van der Waals surface area contributed by atoms with Crippen LogP contribution in [-0.2, 0) is 6.42 Å². The summed E-state index contributed by atoms with van der Waals surface area (Å²) in [5, 5.41) is 3.68. The number of halogens is 1. The summed E-state index contributed by atoms with van der Waals surface area (Å²) in [7, 11) is 0. The van der Waals surface area contributed by atoms with Gasteiger partial charge in [-0.05, 0) is 12.8 Å². The maximum absolute atomic E-state index is 5.92. The van der Waals surface area contributed by atoms with Crippen LogP contribution in [0.5, 0.6) is 0 Å². The van der Waals surface area contributed by atoms with Crippen LogP contribution in [-0.4, -0.2) is 10.1 Å². The van der Waals surface area contributed by atoms with Crippen molar-refractivity contribution in [1.82, 2.24) is 10.1 Å². The lowest BCUT2D eigenvalue weighted by atomic mass is 10.3. The Labute approximate surface area is 77.1 Å². The van der Waals surface area contributed by atoms with E-state index in [2.05, 4.69) is 17.1 Å². The molecule has 0 spiro atoms. The number of aromatic nitrogens is 2. The van der Waals surface area contributed by atoms with Crippen molar-refractivity contribution in [1.29, 1.82) is 0 Å². The maximum atomic E-state index is 5.92. The molecule has 0 aliphatic carbocycles. The minimum atomic E-state index is -0.112. The summed E-state index contributed by atoms with van der Waals surface area (Å²) in [6.07, 6.45) is 2.67. The van der Waals surface area contributed by atoms with Gasteiger partial charge in [0, 0.05) is 6.42 Å². The molecule has 0 saturated carbocycles. The lowest BCUT2D eigenvalue weighted by Gasteiger charge is -1.95. The average molecular weight is 189 g/mol. The van der Waals surface area contributed by atoms with Crippen LogP contribution in [0.1, 0.15) is 43.8 Å². The number of nitrogens with zero attached hydrogens (tertiary/aromatic N) is 2. The van der Waals surface area contributed by atoms with Gasteiger partial charge in [-0.25, -0.2) is 0 Å². The van der Waals surface area contributed by atoms with Crippen LogP contribution < -0.4 is 0 Å². The number of aryl methyl sites for hydroxylation is 1. The number of rotatable bonds is 4. The van der Waals surface area contributed by atoms with Crippen LogP contribution in [0.25, 0.3) is 0 Å². The van der Waals surface area contributed by atoms with Crippen LogP contribution in [0.3, 0.4) is 0 Å². The van der Waals surface area contributed by atoms with Crippen molar-refractivity contribution < 1.29 is 4.52 Å². The van der Waals surface area contributed by atoms with Gasteiger partial charge in [-0.1, -0.05) is 19.0 Å². The molecule has 1 aromatic rings. The first kappa shape index (κ1) is 9.52. The summed E-state index contributed by atoms with van der Waals surface area (Å²) in [6, 6.07) is 0. The highest BCUT2D eigenvalue weighted by Crippen LogP contribution is 2.20. The minimum Gasteiger partial charge on any atom is -0.339 e. The summed E-state index contributed by atoms with van der Waals surface area (Å²) in [5.41, 5.74) is 0. The Bertz CT molecular complexity index is 237. The molecule has 68 valence electrons. The smallest absolute Gasteiger partial charge is 0.226 e. The molecule has 4 heteroatoms. The van der Waals surface area contributed by atoms with Crippen molar-refractivity contribution in [2.45, 2.75) is 38.5 Å². The zero-order valence-electron chi connectivity index (χ0n) is 7.38. The Morgan fingerprint density at radius 2 is 2.25 bits per heavy atom. The summed E-state index contributed by atoms with van der Waals surface area (Å²) >= 11 is 5.92. The molecule has 0 saturated heterocycles. The summed E-state index contributed by atoms with van der Waals surface area (Å²) in [5.74, 6) is 1.30. The van der Waals surface area contributed by atoms with Crippen molar-refractivity contribution >= 4 is 11.6 Å². The molecule has 1 heterocycles. The molecule has 1 rings (SSSR count). The molecule has 0 aliphatic rings. The molecule has 0 aromatic carbocycles. The molecule has 12 heavy (non-hydrogen) atoms. The lowest BCUT2D eigenvalue weighted by molar-refractivity contribution is 0.371. The maximum Gasteiger partial charge on any atom is 0.226 e. The molecule has 0 N–H and O–H groups in total. The van der Waals surface area contributed by atoms with E-state index in [0.717, 1.165) is 19.3 Å². The minimum absolute atomic E-state index is 0.112. The third-order valence-corrected chi connectivity index (χ3v) is 2.09. The van der Waals surface area contributed by atoms with Gasteiger partial charge in [0.05, 0.1) is 5.38 Å². The van der Waals surface area contributed by atoms with E-state index in [1.165, 1.54) is 0 Å². The third-order valence-electron chi connectivity index (χ3n) is 1.59. The molecule has 0 amide bonds. The lowest BCUT2D eigenvalue weighted by Crippen LogP contribution is -1.91. The van der Waals surface area contributed by atoms with Crippen LogP contribution in [0, 0.1) is 0 Å². The van der Waals surface area contributed by atoms with Gasteiger partial charge in [-0.2, -0.15) is 4.98 Å². The standard InChI is InChI=1S/C8H13ClN2O/c1-3-5-7-10-8(11-12-7)6(9)4-2/h6H,3-5H2,1-2H3. The zero-order chi connectivity index (χ0) is 8.97. The fourth-order valence-electron chi connectivity index (χ4n) is 0.893. The van der Waals surface area contributed by atoms with Gasteiger partial charge in [-0.3, -0.25) is 0 Å². The van der Waals surface area contributed by atoms with Crippen LogP contribution in [0.15, 0.2) is 4.52 Å². The molecule has 1 unspecified atom stereocenters. The molecular weight excluding hydrogens is 176 g/mol. The molecule has 0 fully saturated rings. The highest BCUT2D eigenvalue weighted by Gasteiger charge is 2.12. The second-order valence-corrected chi connectivity index (χ2v) is 3.20. The third kappa shape index (κ3) is 2.21. The average Bonchev–Trinajstić information content (AvgIpc) is 2.52. The first-order valence-corrected chi connectivity index (χ1v) is 4.68. The van der Waals surface area contributed by atoms with Gasteiger partial charge in [0.1, 0.15) is 0 Å². The normalized spacial score (nSPS) is 13.2. The van der Waals surface area contributed by atoms with Crippen LogP contribution in [0.2, 0.25) is 0 Å². The van der Waals surface area contributed by atoms with E-state index in [4.69, 9.17) is 16.1 Å². The Balaban J connectivity index is 2.63. The van der Waals surface area contributed by atoms with Crippen molar-refractivity contribution in [3.63, 3.8) is 0 Å². The van der Waals surface area contributed by atoms with Gasteiger partial charge in [-0.15, -0.1) is 11.6 Å². The van der Waals surface area contributed by atoms with Gasteiger partial charge < -0.3 is 4.52 Å². The van der Waals surface area contributed by atoms with Crippen molar-refractivity contribution in [2.75, 3.05) is 0 Å². The van der Waals surface area contributed by atoms with Gasteiger partial charge >= 0.3 is 0 Å². The monoisotopic (exact) mass is 188 g/mol. The predicted octanol–water partition coefficient (Wildman–Crippen LogP) is 2.71. The van der Waals surface area contributed by atoms with E-state index in [9.17, 15) is 0 Å². The molecule has 0 radical (unpaired) electrons. The zero-order valence-corrected chi connectivity index (χ0v) is 8.14.